The number of piperidine rings is 1. The summed E-state index contributed by atoms with van der Waals surface area (Å²) in [6.45, 7) is 2.14. The van der Waals surface area contributed by atoms with Crippen molar-refractivity contribution in [2.75, 3.05) is 13.1 Å². The second-order valence-corrected chi connectivity index (χ2v) is 6.73. The topological polar surface area (TPSA) is 52.6 Å². The second kappa shape index (κ2) is 5.85. The van der Waals surface area contributed by atoms with Crippen molar-refractivity contribution in [1.29, 1.82) is 0 Å². The maximum Gasteiger partial charge on any atom is 0.255 e. The first-order chi connectivity index (χ1) is 11.2. The van der Waals surface area contributed by atoms with E-state index in [1.54, 1.807) is 12.1 Å². The van der Waals surface area contributed by atoms with Crippen LogP contribution in [-0.2, 0) is 0 Å². The highest BCUT2D eigenvalue weighted by Gasteiger charge is 2.32. The molecule has 1 heterocycles. The van der Waals surface area contributed by atoms with Crippen molar-refractivity contribution in [3.63, 3.8) is 0 Å². The van der Waals surface area contributed by atoms with Crippen molar-refractivity contribution in [2.24, 2.45) is 0 Å². The highest BCUT2D eigenvalue weighted by atomic mass is 16.3. The van der Waals surface area contributed by atoms with E-state index in [0.29, 0.717) is 5.56 Å². The Morgan fingerprint density at radius 1 is 1.04 bits per heavy atom. The van der Waals surface area contributed by atoms with E-state index in [1.165, 1.54) is 12.8 Å². The molecule has 4 heteroatoms. The molecular weight excluding hydrogens is 288 g/mol. The molecule has 0 atom stereocenters. The van der Waals surface area contributed by atoms with Crippen molar-refractivity contribution in [3.8, 4) is 5.75 Å². The molecule has 23 heavy (non-hydrogen) atoms. The predicted molar refractivity (Wildman–Crippen MR) is 90.7 cm³/mol. The number of carbonyl (C=O) groups is 1. The van der Waals surface area contributed by atoms with Gasteiger partial charge < -0.3 is 15.3 Å². The summed E-state index contributed by atoms with van der Waals surface area (Å²) in [5, 5.41) is 15.2. The first-order valence-corrected chi connectivity index (χ1v) is 8.47. The van der Waals surface area contributed by atoms with E-state index in [0.717, 1.165) is 42.7 Å². The molecule has 1 saturated carbocycles. The number of hydrogen-bond acceptors (Lipinski definition) is 3. The Morgan fingerprint density at radius 2 is 1.70 bits per heavy atom. The molecule has 0 radical (unpaired) electrons. The van der Waals surface area contributed by atoms with Gasteiger partial charge in [0.2, 0.25) is 0 Å². The molecule has 1 amide bonds. The number of phenols is 1. The molecular formula is C19H22N2O2. The molecule has 0 aromatic heterocycles. The third-order valence-electron chi connectivity index (χ3n) is 5.04. The Bertz CT molecular complexity index is 731. The van der Waals surface area contributed by atoms with Crippen LogP contribution in [0.2, 0.25) is 0 Å². The zero-order chi connectivity index (χ0) is 15.8. The monoisotopic (exact) mass is 310 g/mol. The van der Waals surface area contributed by atoms with E-state index in [9.17, 15) is 9.90 Å². The maximum atomic E-state index is 12.5. The quantitative estimate of drug-likeness (QED) is 0.916. The van der Waals surface area contributed by atoms with Crippen LogP contribution in [0.5, 0.6) is 5.75 Å². The molecule has 0 spiro atoms. The van der Waals surface area contributed by atoms with Crippen molar-refractivity contribution in [1.82, 2.24) is 10.2 Å². The van der Waals surface area contributed by atoms with Gasteiger partial charge in [0.1, 0.15) is 5.75 Å². The lowest BCUT2D eigenvalue weighted by Crippen LogP contribution is -2.45. The lowest BCUT2D eigenvalue weighted by Gasteiger charge is -2.32. The summed E-state index contributed by atoms with van der Waals surface area (Å²) in [5.41, 5.74) is 0.369. The normalized spacial score (nSPS) is 19.8. The summed E-state index contributed by atoms with van der Waals surface area (Å²) >= 11 is 0. The average Bonchev–Trinajstić information content (AvgIpc) is 3.40. The summed E-state index contributed by atoms with van der Waals surface area (Å²) in [6, 6.07) is 12.2. The molecule has 4 nitrogen and oxygen atoms in total. The maximum absolute atomic E-state index is 12.5. The SMILES string of the molecule is O=C(NC1CCN(C2CC2)CC1)c1cc2ccccc2cc1O. The molecule has 2 aromatic rings. The first kappa shape index (κ1) is 14.5. The summed E-state index contributed by atoms with van der Waals surface area (Å²) in [5.74, 6) is -0.116. The minimum absolute atomic E-state index is 0.0524. The molecule has 2 N–H and O–H groups in total. The Hall–Kier alpha value is -2.07. The van der Waals surface area contributed by atoms with Gasteiger partial charge in [-0.25, -0.2) is 0 Å². The van der Waals surface area contributed by atoms with Gasteiger partial charge in [0.15, 0.2) is 0 Å². The Kier molecular flexibility index (Phi) is 3.69. The summed E-state index contributed by atoms with van der Waals surface area (Å²) in [6.07, 6.45) is 4.66. The molecule has 2 aliphatic rings. The predicted octanol–water partition coefficient (Wildman–Crippen LogP) is 2.90. The van der Waals surface area contributed by atoms with Crippen LogP contribution >= 0.6 is 0 Å². The van der Waals surface area contributed by atoms with Crippen LogP contribution in [-0.4, -0.2) is 41.1 Å². The van der Waals surface area contributed by atoms with Gasteiger partial charge >= 0.3 is 0 Å². The van der Waals surface area contributed by atoms with Crippen LogP contribution in [0.1, 0.15) is 36.0 Å². The lowest BCUT2D eigenvalue weighted by molar-refractivity contribution is 0.0906. The molecule has 1 aliphatic carbocycles. The van der Waals surface area contributed by atoms with Gasteiger partial charge in [-0.2, -0.15) is 0 Å². The molecule has 1 aliphatic heterocycles. The number of aromatic hydroxyl groups is 1. The number of fused-ring (bicyclic) bond motifs is 1. The van der Waals surface area contributed by atoms with Crippen molar-refractivity contribution in [3.05, 3.63) is 42.0 Å². The number of carbonyl (C=O) groups excluding carboxylic acids is 1. The fourth-order valence-electron chi connectivity index (χ4n) is 3.52. The first-order valence-electron chi connectivity index (χ1n) is 8.47. The van der Waals surface area contributed by atoms with E-state index in [2.05, 4.69) is 10.2 Å². The largest absolute Gasteiger partial charge is 0.507 e. The Morgan fingerprint density at radius 3 is 2.35 bits per heavy atom. The standard InChI is InChI=1S/C19H22N2O2/c22-18-12-14-4-2-1-3-13(14)11-17(18)19(23)20-15-7-9-21(10-8-15)16-5-6-16/h1-4,11-12,15-16,22H,5-10H2,(H,20,23). The second-order valence-electron chi connectivity index (χ2n) is 6.73. The van der Waals surface area contributed by atoms with Crippen LogP contribution < -0.4 is 5.32 Å². The zero-order valence-corrected chi connectivity index (χ0v) is 13.2. The molecule has 4 rings (SSSR count). The Balaban J connectivity index is 1.45. The van der Waals surface area contributed by atoms with Crippen LogP contribution in [0.25, 0.3) is 10.8 Å². The number of nitrogens with zero attached hydrogens (tertiary/aromatic N) is 1. The van der Waals surface area contributed by atoms with Gasteiger partial charge in [0.25, 0.3) is 5.91 Å². The van der Waals surface area contributed by atoms with Crippen LogP contribution in [0, 0.1) is 0 Å². The van der Waals surface area contributed by atoms with Crippen LogP contribution in [0.4, 0.5) is 0 Å². The van der Waals surface area contributed by atoms with E-state index in [1.807, 2.05) is 24.3 Å². The molecule has 120 valence electrons. The molecule has 0 bridgehead atoms. The van der Waals surface area contributed by atoms with Gasteiger partial charge in [-0.05, 0) is 48.6 Å². The Labute approximate surface area is 136 Å². The van der Waals surface area contributed by atoms with E-state index in [-0.39, 0.29) is 17.7 Å². The number of likely N-dealkylation sites (tertiary alicyclic amines) is 1. The zero-order valence-electron chi connectivity index (χ0n) is 13.2. The summed E-state index contributed by atoms with van der Waals surface area (Å²) in [4.78, 5) is 15.1. The molecule has 2 aromatic carbocycles. The lowest BCUT2D eigenvalue weighted by atomic mass is 10.0. The number of phenolic OH excluding ortho intramolecular Hbond substituents is 1. The fourth-order valence-corrected chi connectivity index (χ4v) is 3.52. The van der Waals surface area contributed by atoms with Crippen molar-refractivity contribution in [2.45, 2.75) is 37.8 Å². The number of nitrogens with one attached hydrogen (secondary N) is 1. The fraction of sp³-hybridized carbons (Fsp3) is 0.421. The minimum atomic E-state index is -0.168. The van der Waals surface area contributed by atoms with Gasteiger partial charge in [0.05, 0.1) is 5.56 Å². The third kappa shape index (κ3) is 3.04. The number of benzene rings is 2. The van der Waals surface area contributed by atoms with Crippen LogP contribution in [0.3, 0.4) is 0 Å². The van der Waals surface area contributed by atoms with E-state index in [4.69, 9.17) is 0 Å². The van der Waals surface area contributed by atoms with Gasteiger partial charge in [-0.15, -0.1) is 0 Å². The highest BCUT2D eigenvalue weighted by molar-refractivity contribution is 6.01. The van der Waals surface area contributed by atoms with E-state index >= 15 is 0 Å². The van der Waals surface area contributed by atoms with Gasteiger partial charge in [0, 0.05) is 25.2 Å². The average molecular weight is 310 g/mol. The van der Waals surface area contributed by atoms with Crippen molar-refractivity contribution >= 4 is 16.7 Å². The minimum Gasteiger partial charge on any atom is -0.507 e. The summed E-state index contributed by atoms with van der Waals surface area (Å²) in [7, 11) is 0. The highest BCUT2D eigenvalue weighted by Crippen LogP contribution is 2.30. The van der Waals surface area contributed by atoms with E-state index < -0.39 is 0 Å². The summed E-state index contributed by atoms with van der Waals surface area (Å²) < 4.78 is 0. The van der Waals surface area contributed by atoms with Crippen LogP contribution in [0.15, 0.2) is 36.4 Å². The number of amides is 1. The van der Waals surface area contributed by atoms with Gasteiger partial charge in [-0.3, -0.25) is 4.79 Å². The number of rotatable bonds is 3. The van der Waals surface area contributed by atoms with Gasteiger partial charge in [-0.1, -0.05) is 24.3 Å². The molecule has 1 saturated heterocycles. The third-order valence-corrected chi connectivity index (χ3v) is 5.04. The molecule has 0 unspecified atom stereocenters. The number of hydrogen-bond donors (Lipinski definition) is 2. The molecule has 2 fully saturated rings. The smallest absolute Gasteiger partial charge is 0.255 e. The van der Waals surface area contributed by atoms with Crippen molar-refractivity contribution < 1.29 is 9.90 Å².